The van der Waals surface area contributed by atoms with E-state index in [9.17, 15) is 4.79 Å². The number of hydrogen-bond acceptors (Lipinski definition) is 8. The second kappa shape index (κ2) is 4.29. The molecule has 0 bridgehead atoms. The monoisotopic (exact) mass is 253 g/mol. The summed E-state index contributed by atoms with van der Waals surface area (Å²) < 4.78 is 4.92. The molecule has 0 saturated heterocycles. The largest absolute Gasteiger partial charge is 0.476 e. The number of hydrogen-bond donors (Lipinski definition) is 3. The van der Waals surface area contributed by atoms with E-state index in [1.807, 2.05) is 0 Å². The van der Waals surface area contributed by atoms with Gasteiger partial charge in [-0.2, -0.15) is 4.98 Å². The van der Waals surface area contributed by atoms with Gasteiger partial charge in [-0.3, -0.25) is 0 Å². The summed E-state index contributed by atoms with van der Waals surface area (Å²) in [7, 11) is 0. The van der Waals surface area contributed by atoms with Crippen molar-refractivity contribution < 1.29 is 14.3 Å². The first-order chi connectivity index (χ1) is 8.04. The van der Waals surface area contributed by atoms with Crippen molar-refractivity contribution >= 4 is 29.4 Å². The number of carbonyl (C=O) groups is 1. The molecule has 0 aromatic carbocycles. The lowest BCUT2D eigenvalue weighted by atomic mass is 10.5. The highest BCUT2D eigenvalue weighted by molar-refractivity contribution is 7.98. The van der Waals surface area contributed by atoms with Crippen LogP contribution in [0.4, 0.5) is 11.6 Å². The van der Waals surface area contributed by atoms with Crippen LogP contribution in [0, 0.1) is 0 Å². The van der Waals surface area contributed by atoms with E-state index < -0.39 is 5.97 Å². The zero-order chi connectivity index (χ0) is 12.4. The van der Waals surface area contributed by atoms with Gasteiger partial charge in [0, 0.05) is 17.8 Å². The molecular formula is C8H7N5O3S. The Morgan fingerprint density at radius 2 is 1.94 bits per heavy atom. The van der Waals surface area contributed by atoms with E-state index >= 15 is 0 Å². The van der Waals surface area contributed by atoms with Crippen molar-refractivity contribution in [3.8, 4) is 0 Å². The molecule has 5 N–H and O–H groups in total. The summed E-state index contributed by atoms with van der Waals surface area (Å²) in [6, 6.07) is 1.41. The highest BCUT2D eigenvalue weighted by Crippen LogP contribution is 2.25. The summed E-state index contributed by atoms with van der Waals surface area (Å²) in [5.74, 6) is -0.747. The Balaban J connectivity index is 2.22. The van der Waals surface area contributed by atoms with Crippen molar-refractivity contribution in [2.75, 3.05) is 11.5 Å². The maximum atomic E-state index is 10.6. The predicted octanol–water partition coefficient (Wildman–Crippen LogP) is 0.478. The Labute approximate surface area is 99.1 Å². The number of rotatable bonds is 3. The molecule has 17 heavy (non-hydrogen) atoms. The van der Waals surface area contributed by atoms with Gasteiger partial charge in [-0.1, -0.05) is 0 Å². The van der Waals surface area contributed by atoms with E-state index in [1.54, 1.807) is 0 Å². The molecular weight excluding hydrogens is 246 g/mol. The molecule has 0 amide bonds. The first-order valence-corrected chi connectivity index (χ1v) is 5.13. The maximum Gasteiger partial charge on any atom is 0.357 e. The topological polar surface area (TPSA) is 141 Å². The fourth-order valence-corrected chi connectivity index (χ4v) is 1.69. The summed E-state index contributed by atoms with van der Waals surface area (Å²) in [6.07, 6.45) is 1.03. The molecule has 9 heteroatoms. The quantitative estimate of drug-likeness (QED) is 0.665. The Morgan fingerprint density at radius 1 is 1.29 bits per heavy atom. The average Bonchev–Trinajstić information content (AvgIpc) is 2.64. The SMILES string of the molecule is Nc1cc(N)nc(Sc2nc(C(=O)O)co2)n1. The van der Waals surface area contributed by atoms with Crippen LogP contribution in [0.2, 0.25) is 0 Å². The van der Waals surface area contributed by atoms with Gasteiger partial charge in [0.2, 0.25) is 5.16 Å². The van der Waals surface area contributed by atoms with Crippen LogP contribution >= 0.6 is 11.8 Å². The van der Waals surface area contributed by atoms with Crippen molar-refractivity contribution in [3.05, 3.63) is 18.0 Å². The summed E-state index contributed by atoms with van der Waals surface area (Å²) >= 11 is 0.931. The molecule has 0 spiro atoms. The highest BCUT2D eigenvalue weighted by Gasteiger charge is 2.13. The number of nitrogen functional groups attached to an aromatic ring is 2. The van der Waals surface area contributed by atoms with Crippen LogP contribution in [-0.2, 0) is 0 Å². The third-order valence-electron chi connectivity index (χ3n) is 1.63. The van der Waals surface area contributed by atoms with Crippen LogP contribution in [0.3, 0.4) is 0 Å². The molecule has 0 radical (unpaired) electrons. The number of carboxylic acid groups (broad SMARTS) is 1. The Hall–Kier alpha value is -2.29. The predicted molar refractivity (Wildman–Crippen MR) is 58.4 cm³/mol. The molecule has 0 atom stereocenters. The molecule has 2 aromatic rings. The van der Waals surface area contributed by atoms with Crippen molar-refractivity contribution in [3.63, 3.8) is 0 Å². The van der Waals surface area contributed by atoms with Crippen molar-refractivity contribution in [2.24, 2.45) is 0 Å². The third-order valence-corrected chi connectivity index (χ3v) is 2.35. The van der Waals surface area contributed by atoms with Crippen molar-refractivity contribution in [2.45, 2.75) is 10.4 Å². The number of carboxylic acids is 1. The molecule has 0 aliphatic carbocycles. The lowest BCUT2D eigenvalue weighted by Crippen LogP contribution is -1.99. The molecule has 0 saturated carbocycles. The minimum Gasteiger partial charge on any atom is -0.476 e. The van der Waals surface area contributed by atoms with Gasteiger partial charge >= 0.3 is 5.97 Å². The number of aromatic carboxylic acids is 1. The summed E-state index contributed by atoms with van der Waals surface area (Å²) in [5, 5.41) is 8.99. The summed E-state index contributed by atoms with van der Waals surface area (Å²) in [5.41, 5.74) is 10.8. The minimum atomic E-state index is -1.17. The summed E-state index contributed by atoms with van der Waals surface area (Å²) in [4.78, 5) is 22.0. The Kier molecular flexibility index (Phi) is 2.83. The van der Waals surface area contributed by atoms with E-state index in [2.05, 4.69) is 15.0 Å². The summed E-state index contributed by atoms with van der Waals surface area (Å²) in [6.45, 7) is 0. The maximum absolute atomic E-state index is 10.6. The van der Waals surface area contributed by atoms with Crippen LogP contribution in [0.5, 0.6) is 0 Å². The molecule has 2 aromatic heterocycles. The van der Waals surface area contributed by atoms with Gasteiger partial charge in [0.05, 0.1) is 0 Å². The Bertz CT molecular complexity index is 550. The second-order valence-corrected chi connectivity index (χ2v) is 3.82. The van der Waals surface area contributed by atoms with Crippen LogP contribution in [0.15, 0.2) is 27.1 Å². The first-order valence-electron chi connectivity index (χ1n) is 4.31. The number of aromatic nitrogens is 3. The van der Waals surface area contributed by atoms with Crippen LogP contribution in [0.1, 0.15) is 10.5 Å². The number of nitrogens with zero attached hydrogens (tertiary/aromatic N) is 3. The molecule has 88 valence electrons. The van der Waals surface area contributed by atoms with E-state index in [-0.39, 0.29) is 27.7 Å². The standard InChI is InChI=1S/C8H7N5O3S/c9-4-1-5(10)13-7(12-4)17-8-11-3(2-16-8)6(14)15/h1-2H,(H,14,15)(H4,9,10,12,13). The lowest BCUT2D eigenvalue weighted by molar-refractivity contribution is 0.0690. The zero-order valence-corrected chi connectivity index (χ0v) is 9.14. The average molecular weight is 253 g/mol. The molecule has 0 fully saturated rings. The van der Waals surface area contributed by atoms with E-state index in [0.717, 1.165) is 18.0 Å². The van der Waals surface area contributed by atoms with E-state index in [4.69, 9.17) is 21.0 Å². The van der Waals surface area contributed by atoms with Gasteiger partial charge in [-0.25, -0.2) is 14.8 Å². The van der Waals surface area contributed by atoms with Gasteiger partial charge in [-0.15, -0.1) is 0 Å². The van der Waals surface area contributed by atoms with Gasteiger partial charge in [0.25, 0.3) is 5.22 Å². The van der Waals surface area contributed by atoms with Crippen LogP contribution in [0.25, 0.3) is 0 Å². The number of anilines is 2. The molecule has 2 rings (SSSR count). The van der Waals surface area contributed by atoms with Crippen LogP contribution < -0.4 is 11.5 Å². The van der Waals surface area contributed by atoms with Gasteiger partial charge in [0.1, 0.15) is 17.9 Å². The first kappa shape index (κ1) is 11.2. The third kappa shape index (κ3) is 2.64. The normalized spacial score (nSPS) is 10.4. The van der Waals surface area contributed by atoms with E-state index in [1.165, 1.54) is 6.07 Å². The minimum absolute atomic E-state index is 0.104. The molecule has 0 unspecified atom stereocenters. The molecule has 0 aliphatic heterocycles. The molecule has 8 nitrogen and oxygen atoms in total. The number of oxazole rings is 1. The van der Waals surface area contributed by atoms with Gasteiger partial charge in [0.15, 0.2) is 5.69 Å². The second-order valence-electron chi connectivity index (χ2n) is 2.91. The fourth-order valence-electron chi connectivity index (χ4n) is 0.988. The number of nitrogens with two attached hydrogens (primary N) is 2. The van der Waals surface area contributed by atoms with Crippen molar-refractivity contribution in [1.29, 1.82) is 0 Å². The smallest absolute Gasteiger partial charge is 0.357 e. The lowest BCUT2D eigenvalue weighted by Gasteiger charge is -1.98. The van der Waals surface area contributed by atoms with Gasteiger partial charge in [-0.05, 0) is 0 Å². The van der Waals surface area contributed by atoms with Crippen molar-refractivity contribution in [1.82, 2.24) is 15.0 Å². The molecule has 2 heterocycles. The fraction of sp³-hybridized carbons (Fsp3) is 0. The van der Waals surface area contributed by atoms with Gasteiger partial charge < -0.3 is 21.0 Å². The Morgan fingerprint density at radius 3 is 2.47 bits per heavy atom. The molecule has 0 aliphatic rings. The van der Waals surface area contributed by atoms with Crippen LogP contribution in [-0.4, -0.2) is 26.0 Å². The zero-order valence-electron chi connectivity index (χ0n) is 8.32. The van der Waals surface area contributed by atoms with E-state index in [0.29, 0.717) is 0 Å². The highest BCUT2D eigenvalue weighted by atomic mass is 32.2.